The zero-order valence-corrected chi connectivity index (χ0v) is 18.6. The highest BCUT2D eigenvalue weighted by atomic mass is 35.5. The van der Waals surface area contributed by atoms with Crippen molar-refractivity contribution in [2.24, 2.45) is 0 Å². The lowest BCUT2D eigenvalue weighted by molar-refractivity contribution is -0.132. The number of methoxy groups -OCH3 is 2. The zero-order valence-electron chi connectivity index (χ0n) is 17.0. The van der Waals surface area contributed by atoms with E-state index in [2.05, 4.69) is 0 Å². The fourth-order valence-electron chi connectivity index (χ4n) is 3.66. The summed E-state index contributed by atoms with van der Waals surface area (Å²) >= 11 is 7.56. The highest BCUT2D eigenvalue weighted by molar-refractivity contribution is 7.10. The highest BCUT2D eigenvalue weighted by Crippen LogP contribution is 2.47. The number of benzene rings is 2. The number of aliphatic hydroxyl groups excluding tert-OH is 1. The molecule has 0 aliphatic carbocycles. The van der Waals surface area contributed by atoms with Crippen LogP contribution in [0.15, 0.2) is 59.5 Å². The molecule has 2 aromatic carbocycles. The van der Waals surface area contributed by atoms with Gasteiger partial charge in [0.15, 0.2) is 0 Å². The third-order valence-corrected chi connectivity index (χ3v) is 6.35. The number of para-hydroxylation sites is 2. The Morgan fingerprint density at radius 3 is 2.41 bits per heavy atom. The number of Topliss-reactive ketones (excluding diaryl/α,β-unsaturated/α-hetero) is 1. The summed E-state index contributed by atoms with van der Waals surface area (Å²) in [4.78, 5) is 28.0. The molecule has 2 heterocycles. The number of phenols is 1. The van der Waals surface area contributed by atoms with Crippen LogP contribution in [0, 0.1) is 0 Å². The number of ether oxygens (including phenoxy) is 2. The van der Waals surface area contributed by atoms with Crippen molar-refractivity contribution >= 4 is 46.1 Å². The van der Waals surface area contributed by atoms with Crippen LogP contribution in [0.2, 0.25) is 5.02 Å². The number of carbonyl (C=O) groups is 2. The van der Waals surface area contributed by atoms with Crippen molar-refractivity contribution in [3.05, 3.63) is 74.9 Å². The van der Waals surface area contributed by atoms with Gasteiger partial charge in [0, 0.05) is 10.9 Å². The van der Waals surface area contributed by atoms with E-state index >= 15 is 0 Å². The van der Waals surface area contributed by atoms with Crippen LogP contribution in [-0.4, -0.2) is 36.1 Å². The largest absolute Gasteiger partial charge is 0.507 e. The standard InChI is InChI=1S/C23H18ClNO6S/c1-30-16-11-17(31-2)13(24)10-12(16)21(27)19-20(18-8-5-9-32-18)25(23(29)22(19)28)14-6-3-4-7-15(14)26/h3-11,20,26-27H,1-2H3/b21-19-. The van der Waals surface area contributed by atoms with Gasteiger partial charge >= 0.3 is 0 Å². The summed E-state index contributed by atoms with van der Waals surface area (Å²) in [7, 11) is 2.84. The summed E-state index contributed by atoms with van der Waals surface area (Å²) < 4.78 is 10.6. The maximum atomic E-state index is 13.1. The summed E-state index contributed by atoms with van der Waals surface area (Å²) in [6.45, 7) is 0. The van der Waals surface area contributed by atoms with E-state index in [-0.39, 0.29) is 33.3 Å². The molecule has 1 fully saturated rings. The Labute approximate surface area is 192 Å². The topological polar surface area (TPSA) is 96.3 Å². The van der Waals surface area contributed by atoms with Crippen LogP contribution >= 0.6 is 22.9 Å². The summed E-state index contributed by atoms with van der Waals surface area (Å²) in [5.74, 6) is -1.84. The van der Waals surface area contributed by atoms with Gasteiger partial charge in [-0.15, -0.1) is 11.3 Å². The SMILES string of the molecule is COc1cc(OC)c(/C(O)=C2/C(=O)C(=O)N(c3ccccc3O)C2c2cccs2)cc1Cl. The first-order chi connectivity index (χ1) is 15.4. The molecule has 2 N–H and O–H groups in total. The van der Waals surface area contributed by atoms with Crippen molar-refractivity contribution in [2.75, 3.05) is 19.1 Å². The van der Waals surface area contributed by atoms with Crippen LogP contribution in [0.4, 0.5) is 5.69 Å². The summed E-state index contributed by atoms with van der Waals surface area (Å²) in [5.41, 5.74) is 0.155. The molecule has 1 aliphatic rings. The average molecular weight is 472 g/mol. The second-order valence-electron chi connectivity index (χ2n) is 6.86. The second-order valence-corrected chi connectivity index (χ2v) is 8.25. The maximum Gasteiger partial charge on any atom is 0.300 e. The van der Waals surface area contributed by atoms with E-state index in [1.807, 2.05) is 0 Å². The van der Waals surface area contributed by atoms with Crippen LogP contribution in [0.3, 0.4) is 0 Å². The number of aliphatic hydroxyl groups is 1. The number of hydrogen-bond donors (Lipinski definition) is 2. The Hall–Kier alpha value is -3.49. The van der Waals surface area contributed by atoms with E-state index in [9.17, 15) is 19.8 Å². The molecular weight excluding hydrogens is 454 g/mol. The molecule has 1 unspecified atom stereocenters. The molecule has 3 aromatic rings. The van der Waals surface area contributed by atoms with Gasteiger partial charge in [0.1, 0.15) is 29.0 Å². The molecule has 0 spiro atoms. The van der Waals surface area contributed by atoms with Crippen LogP contribution in [-0.2, 0) is 9.59 Å². The molecule has 32 heavy (non-hydrogen) atoms. The zero-order chi connectivity index (χ0) is 23.0. The molecule has 9 heteroatoms. The van der Waals surface area contributed by atoms with E-state index in [0.29, 0.717) is 10.6 Å². The molecule has 0 radical (unpaired) electrons. The highest BCUT2D eigenvalue weighted by Gasteiger charge is 2.48. The number of halogens is 1. The Morgan fingerprint density at radius 1 is 1.06 bits per heavy atom. The number of aromatic hydroxyl groups is 1. The van der Waals surface area contributed by atoms with Crippen molar-refractivity contribution in [2.45, 2.75) is 6.04 Å². The summed E-state index contributed by atoms with van der Waals surface area (Å²) in [6, 6.07) is 11.7. The van der Waals surface area contributed by atoms with Crippen molar-refractivity contribution in [3.8, 4) is 17.2 Å². The first kappa shape index (κ1) is 21.7. The number of carbonyl (C=O) groups excluding carboxylic acids is 2. The molecule has 1 atom stereocenters. The van der Waals surface area contributed by atoms with E-state index < -0.39 is 23.5 Å². The third-order valence-electron chi connectivity index (χ3n) is 5.13. The first-order valence-electron chi connectivity index (χ1n) is 9.43. The van der Waals surface area contributed by atoms with E-state index in [0.717, 1.165) is 0 Å². The van der Waals surface area contributed by atoms with Crippen LogP contribution in [0.1, 0.15) is 16.5 Å². The summed E-state index contributed by atoms with van der Waals surface area (Å²) in [5, 5.41) is 23.6. The number of nitrogens with zero attached hydrogens (tertiary/aromatic N) is 1. The van der Waals surface area contributed by atoms with Crippen molar-refractivity contribution < 1.29 is 29.3 Å². The van der Waals surface area contributed by atoms with Gasteiger partial charge in [-0.1, -0.05) is 29.8 Å². The van der Waals surface area contributed by atoms with Gasteiger partial charge in [0.2, 0.25) is 0 Å². The number of rotatable bonds is 5. The van der Waals surface area contributed by atoms with Gasteiger partial charge in [-0.05, 0) is 29.6 Å². The molecule has 1 aliphatic heterocycles. The van der Waals surface area contributed by atoms with Crippen molar-refractivity contribution in [1.82, 2.24) is 0 Å². The van der Waals surface area contributed by atoms with Gasteiger partial charge < -0.3 is 19.7 Å². The lowest BCUT2D eigenvalue weighted by Gasteiger charge is -2.25. The van der Waals surface area contributed by atoms with E-state index in [4.69, 9.17) is 21.1 Å². The minimum absolute atomic E-state index is 0.134. The Morgan fingerprint density at radius 2 is 1.78 bits per heavy atom. The smallest absolute Gasteiger partial charge is 0.300 e. The fraction of sp³-hybridized carbons (Fsp3) is 0.130. The second kappa shape index (κ2) is 8.57. The summed E-state index contributed by atoms with van der Waals surface area (Å²) in [6.07, 6.45) is 0. The molecule has 1 amide bonds. The van der Waals surface area contributed by atoms with Crippen molar-refractivity contribution in [3.63, 3.8) is 0 Å². The predicted octanol–water partition coefficient (Wildman–Crippen LogP) is 4.75. The number of anilines is 1. The van der Waals surface area contributed by atoms with Gasteiger partial charge in [-0.3, -0.25) is 14.5 Å². The van der Waals surface area contributed by atoms with E-state index in [1.54, 1.807) is 29.6 Å². The maximum absolute atomic E-state index is 13.1. The van der Waals surface area contributed by atoms with Crippen LogP contribution < -0.4 is 14.4 Å². The van der Waals surface area contributed by atoms with Gasteiger partial charge in [0.05, 0.1) is 36.1 Å². The average Bonchev–Trinajstić information content (AvgIpc) is 3.41. The fourth-order valence-corrected chi connectivity index (χ4v) is 4.72. The van der Waals surface area contributed by atoms with Gasteiger partial charge in [-0.2, -0.15) is 0 Å². The van der Waals surface area contributed by atoms with E-state index in [1.165, 1.54) is 54.7 Å². The molecule has 164 valence electrons. The molecule has 1 aromatic heterocycles. The monoisotopic (exact) mass is 471 g/mol. The van der Waals surface area contributed by atoms with Gasteiger partial charge in [0.25, 0.3) is 11.7 Å². The molecule has 4 rings (SSSR count). The minimum atomic E-state index is -0.950. The van der Waals surface area contributed by atoms with Crippen LogP contribution in [0.5, 0.6) is 17.2 Å². The Balaban J connectivity index is 1.98. The molecule has 7 nitrogen and oxygen atoms in total. The lowest BCUT2D eigenvalue weighted by Crippen LogP contribution is -2.29. The predicted molar refractivity (Wildman–Crippen MR) is 122 cm³/mol. The quantitative estimate of drug-likeness (QED) is 0.316. The number of amides is 1. The number of phenolic OH excluding ortho intramolecular Hbond substituents is 1. The lowest BCUT2D eigenvalue weighted by atomic mass is 9.99. The Bertz CT molecular complexity index is 1240. The third kappa shape index (κ3) is 3.47. The normalized spacial score (nSPS) is 17.6. The molecular formula is C23H18ClNO6S. The minimum Gasteiger partial charge on any atom is -0.507 e. The Kier molecular flexibility index (Phi) is 5.82. The molecule has 1 saturated heterocycles. The first-order valence-corrected chi connectivity index (χ1v) is 10.7. The molecule has 0 saturated carbocycles. The number of hydrogen-bond acceptors (Lipinski definition) is 7. The van der Waals surface area contributed by atoms with Crippen molar-refractivity contribution in [1.29, 1.82) is 0 Å². The van der Waals surface area contributed by atoms with Gasteiger partial charge in [-0.25, -0.2) is 0 Å². The van der Waals surface area contributed by atoms with Crippen LogP contribution in [0.25, 0.3) is 5.76 Å². The molecule has 0 bridgehead atoms. The number of thiophene rings is 1. The number of ketones is 1.